The summed E-state index contributed by atoms with van der Waals surface area (Å²) < 4.78 is 57.7. The van der Waals surface area contributed by atoms with Gasteiger partial charge < -0.3 is 10.4 Å². The fraction of sp³-hybridized carbons (Fsp3) is 0.474. The van der Waals surface area contributed by atoms with Crippen LogP contribution in [0.25, 0.3) is 0 Å². The van der Waals surface area contributed by atoms with E-state index >= 15 is 0 Å². The van der Waals surface area contributed by atoms with E-state index in [2.05, 4.69) is 22.5 Å². The van der Waals surface area contributed by atoms with Crippen molar-refractivity contribution in [1.29, 1.82) is 0 Å². The lowest BCUT2D eigenvalue weighted by molar-refractivity contribution is -0.203. The molecule has 0 radical (unpaired) electrons. The lowest BCUT2D eigenvalue weighted by atomic mass is 9.84. The second kappa shape index (κ2) is 6.85. The number of nitrogens with zero attached hydrogens (tertiary/aromatic N) is 2. The van der Waals surface area contributed by atoms with E-state index in [0.29, 0.717) is 23.8 Å². The maximum atomic E-state index is 14.9. The Bertz CT molecular complexity index is 982. The van der Waals surface area contributed by atoms with E-state index in [4.69, 9.17) is 0 Å². The van der Waals surface area contributed by atoms with Crippen LogP contribution in [0.2, 0.25) is 0 Å². The van der Waals surface area contributed by atoms with Crippen LogP contribution >= 0.6 is 0 Å². The number of aliphatic hydroxyl groups excluding tert-OH is 1. The molecule has 2 fully saturated rings. The smallest absolute Gasteiger partial charge is 0.361 e. The van der Waals surface area contributed by atoms with E-state index < -0.39 is 41.4 Å². The molecule has 1 aromatic rings. The standard InChI is InChI=1S/C19H18F4N4O3/c1-26-17(30)25-14-6-11(9-27-15(28)8-24-16(27)29)13(20)7-12(14)18(26,19(21,22)23)5-4-10-2-3-10/h6-7,10,16,24,29H,2-3,8-9H2,1H3,(H,25,30)/t16?,18-/m0/s1. The predicted octanol–water partition coefficient (Wildman–Crippen LogP) is 1.68. The van der Waals surface area contributed by atoms with E-state index in [1.165, 1.54) is 0 Å². The van der Waals surface area contributed by atoms with Crippen molar-refractivity contribution >= 4 is 17.6 Å². The minimum absolute atomic E-state index is 0.150. The molecule has 30 heavy (non-hydrogen) atoms. The molecular weight excluding hydrogens is 408 g/mol. The van der Waals surface area contributed by atoms with Gasteiger partial charge >= 0.3 is 12.2 Å². The second-order valence-electron chi connectivity index (χ2n) is 7.51. The van der Waals surface area contributed by atoms with E-state index in [1.54, 1.807) is 0 Å². The number of nitrogens with one attached hydrogen (secondary N) is 2. The van der Waals surface area contributed by atoms with Crippen LogP contribution in [0.3, 0.4) is 0 Å². The fourth-order valence-electron chi connectivity index (χ4n) is 3.56. The van der Waals surface area contributed by atoms with Crippen molar-refractivity contribution in [2.24, 2.45) is 5.92 Å². The summed E-state index contributed by atoms with van der Waals surface area (Å²) in [7, 11) is 0.962. The van der Waals surface area contributed by atoms with Gasteiger partial charge in [-0.15, -0.1) is 0 Å². The van der Waals surface area contributed by atoms with Crippen LogP contribution in [-0.2, 0) is 16.9 Å². The summed E-state index contributed by atoms with van der Waals surface area (Å²) in [6.07, 6.45) is -4.98. The maximum absolute atomic E-state index is 14.9. The molecule has 2 heterocycles. The summed E-state index contributed by atoms with van der Waals surface area (Å²) in [5, 5.41) is 14.6. The highest BCUT2D eigenvalue weighted by atomic mass is 19.4. The topological polar surface area (TPSA) is 84.9 Å². The second-order valence-corrected chi connectivity index (χ2v) is 7.51. The van der Waals surface area contributed by atoms with Gasteiger partial charge in [0.05, 0.1) is 13.1 Å². The molecule has 0 spiro atoms. The summed E-state index contributed by atoms with van der Waals surface area (Å²) in [4.78, 5) is 25.5. The number of urea groups is 1. The van der Waals surface area contributed by atoms with E-state index in [9.17, 15) is 32.3 Å². The van der Waals surface area contributed by atoms with Crippen LogP contribution in [0.4, 0.5) is 28.0 Å². The van der Waals surface area contributed by atoms with Gasteiger partial charge in [-0.2, -0.15) is 13.2 Å². The molecule has 2 atom stereocenters. The van der Waals surface area contributed by atoms with Crippen LogP contribution in [-0.4, -0.2) is 53.0 Å². The van der Waals surface area contributed by atoms with Crippen molar-refractivity contribution in [3.05, 3.63) is 29.1 Å². The third-order valence-corrected chi connectivity index (χ3v) is 5.46. The zero-order valence-electron chi connectivity index (χ0n) is 15.8. The monoisotopic (exact) mass is 426 g/mol. The Hall–Kier alpha value is -2.84. The Kier molecular flexibility index (Phi) is 4.67. The number of halogens is 4. The van der Waals surface area contributed by atoms with Gasteiger partial charge in [0.25, 0.3) is 0 Å². The first kappa shape index (κ1) is 20.4. The lowest BCUT2D eigenvalue weighted by Crippen LogP contribution is -2.60. The summed E-state index contributed by atoms with van der Waals surface area (Å²) in [5.74, 6) is 3.10. The number of carbonyl (C=O) groups excluding carboxylic acids is 2. The normalized spacial score (nSPS) is 26.3. The van der Waals surface area contributed by atoms with Crippen LogP contribution in [0.5, 0.6) is 0 Å². The molecule has 3 aliphatic rings. The number of alkyl halides is 3. The number of carbonyl (C=O) groups is 2. The van der Waals surface area contributed by atoms with Crippen molar-refractivity contribution in [3.8, 4) is 11.8 Å². The molecule has 1 aromatic carbocycles. The Morgan fingerprint density at radius 2 is 2.00 bits per heavy atom. The van der Waals surface area contributed by atoms with Gasteiger partial charge in [-0.3, -0.25) is 19.9 Å². The lowest BCUT2D eigenvalue weighted by Gasteiger charge is -2.43. The third-order valence-electron chi connectivity index (χ3n) is 5.46. The van der Waals surface area contributed by atoms with E-state index in [-0.39, 0.29) is 30.3 Å². The number of fused-ring (bicyclic) bond motifs is 1. The van der Waals surface area contributed by atoms with Gasteiger partial charge in [0.2, 0.25) is 11.4 Å². The SMILES string of the molecule is CN1C(=O)Nc2cc(CN3C(=O)CNC3O)c(F)cc2[C@@]1(C#CC1CC1)C(F)(F)F. The Morgan fingerprint density at radius 1 is 1.30 bits per heavy atom. The molecule has 3 amide bonds. The maximum Gasteiger partial charge on any atom is 0.427 e. The number of aliphatic hydroxyl groups is 1. The Morgan fingerprint density at radius 3 is 2.57 bits per heavy atom. The molecule has 1 saturated carbocycles. The van der Waals surface area contributed by atoms with E-state index in [1.807, 2.05) is 0 Å². The van der Waals surface area contributed by atoms with Crippen molar-refractivity contribution in [2.45, 2.75) is 37.5 Å². The molecule has 1 aliphatic carbocycles. The molecular formula is C19H18F4N4O3. The summed E-state index contributed by atoms with van der Waals surface area (Å²) in [6.45, 7) is -0.534. The molecule has 1 saturated heterocycles. The molecule has 11 heteroatoms. The van der Waals surface area contributed by atoms with Crippen molar-refractivity contribution in [2.75, 3.05) is 18.9 Å². The van der Waals surface area contributed by atoms with Gasteiger partial charge in [-0.05, 0) is 25.0 Å². The summed E-state index contributed by atoms with van der Waals surface area (Å²) >= 11 is 0. The molecule has 2 aliphatic heterocycles. The molecule has 160 valence electrons. The fourth-order valence-corrected chi connectivity index (χ4v) is 3.56. The van der Waals surface area contributed by atoms with Crippen molar-refractivity contribution in [3.63, 3.8) is 0 Å². The number of amides is 3. The zero-order valence-corrected chi connectivity index (χ0v) is 15.8. The highest BCUT2D eigenvalue weighted by molar-refractivity contribution is 5.95. The van der Waals surface area contributed by atoms with Gasteiger partial charge in [0.1, 0.15) is 5.82 Å². The third kappa shape index (κ3) is 3.16. The van der Waals surface area contributed by atoms with Crippen molar-refractivity contribution in [1.82, 2.24) is 15.1 Å². The molecule has 4 rings (SSSR count). The Balaban J connectivity index is 1.83. The van der Waals surface area contributed by atoms with Crippen LogP contribution in [0.15, 0.2) is 12.1 Å². The largest absolute Gasteiger partial charge is 0.427 e. The highest BCUT2D eigenvalue weighted by Gasteiger charge is 2.62. The van der Waals surface area contributed by atoms with Gasteiger partial charge in [-0.1, -0.05) is 11.8 Å². The summed E-state index contributed by atoms with van der Waals surface area (Å²) in [5.41, 5.74) is -3.93. The number of anilines is 1. The minimum atomic E-state index is -4.99. The Labute approximate surface area is 169 Å². The first-order chi connectivity index (χ1) is 14.0. The first-order valence-corrected chi connectivity index (χ1v) is 9.22. The number of hydrogen-bond acceptors (Lipinski definition) is 4. The molecule has 0 aromatic heterocycles. The molecule has 1 unspecified atom stereocenters. The van der Waals surface area contributed by atoms with Gasteiger partial charge in [-0.25, -0.2) is 9.18 Å². The van der Waals surface area contributed by atoms with Crippen LogP contribution in [0.1, 0.15) is 24.0 Å². The summed E-state index contributed by atoms with van der Waals surface area (Å²) in [6, 6.07) is 0.699. The van der Waals surface area contributed by atoms with Gasteiger partial charge in [0.15, 0.2) is 6.35 Å². The number of benzene rings is 1. The average Bonchev–Trinajstić information content (AvgIpc) is 3.43. The molecule has 0 bridgehead atoms. The van der Waals surface area contributed by atoms with Crippen LogP contribution in [0, 0.1) is 23.6 Å². The van der Waals surface area contributed by atoms with Gasteiger partial charge in [0, 0.05) is 29.8 Å². The first-order valence-electron chi connectivity index (χ1n) is 9.22. The number of hydrogen-bond donors (Lipinski definition) is 3. The number of rotatable bonds is 2. The minimum Gasteiger partial charge on any atom is -0.361 e. The highest BCUT2D eigenvalue weighted by Crippen LogP contribution is 2.49. The quantitative estimate of drug-likeness (QED) is 0.496. The predicted molar refractivity (Wildman–Crippen MR) is 96.0 cm³/mol. The molecule has 3 N–H and O–H groups in total. The molecule has 7 nitrogen and oxygen atoms in total. The average molecular weight is 426 g/mol. The van der Waals surface area contributed by atoms with Crippen LogP contribution < -0.4 is 10.6 Å². The van der Waals surface area contributed by atoms with E-state index in [0.717, 1.165) is 18.0 Å². The van der Waals surface area contributed by atoms with Crippen molar-refractivity contribution < 1.29 is 32.3 Å². The zero-order chi connectivity index (χ0) is 21.8.